The number of anilines is 1. The van der Waals surface area contributed by atoms with Gasteiger partial charge in [-0.1, -0.05) is 13.0 Å². The van der Waals surface area contributed by atoms with Crippen LogP contribution < -0.4 is 5.32 Å². The predicted molar refractivity (Wildman–Crippen MR) is 134 cm³/mol. The Labute approximate surface area is 218 Å². The van der Waals surface area contributed by atoms with Crippen molar-refractivity contribution < 1.29 is 43.8 Å². The number of aliphatic hydroxyl groups excluding tert-OH is 1. The molecule has 1 aromatic carbocycles. The molecule has 3 heterocycles. The Morgan fingerprint density at radius 1 is 1.24 bits per heavy atom. The highest BCUT2D eigenvalue weighted by Gasteiger charge is 2.60. The largest absolute Gasteiger partial charge is 0.478 e. The number of β-lactam (4-membered cyclic amide) rings is 1. The maximum absolute atomic E-state index is 13.0. The molecule has 7 atom stereocenters. The van der Waals surface area contributed by atoms with Gasteiger partial charge in [-0.05, 0) is 31.5 Å². The zero-order valence-electron chi connectivity index (χ0n) is 19.9. The number of carboxylic acids is 1. The van der Waals surface area contributed by atoms with Gasteiger partial charge >= 0.3 is 18.0 Å². The van der Waals surface area contributed by atoms with Gasteiger partial charge in [0.05, 0.1) is 33.1 Å². The molecule has 2 fully saturated rings. The first-order chi connectivity index (χ1) is 17.5. The van der Waals surface area contributed by atoms with Crippen LogP contribution >= 0.6 is 21.2 Å². The number of amides is 3. The lowest BCUT2D eigenvalue weighted by Gasteiger charge is -2.46. The van der Waals surface area contributed by atoms with Crippen molar-refractivity contribution in [2.24, 2.45) is 11.8 Å². The minimum Gasteiger partial charge on any atom is -0.478 e. The molecule has 7 unspecified atom stereocenters. The summed E-state index contributed by atoms with van der Waals surface area (Å²) < 4.78 is 4.83. The Bertz CT molecular complexity index is 1210. The van der Waals surface area contributed by atoms with Crippen molar-refractivity contribution >= 4 is 56.8 Å². The maximum Gasteiger partial charge on any atom is 0.408 e. The van der Waals surface area contributed by atoms with Gasteiger partial charge in [0.2, 0.25) is 11.8 Å². The van der Waals surface area contributed by atoms with Crippen LogP contribution in [0, 0.1) is 11.8 Å². The van der Waals surface area contributed by atoms with Gasteiger partial charge in [-0.15, -0.1) is 11.8 Å². The number of nitrogens with zero attached hydrogens (tertiary/aromatic N) is 2. The molecule has 3 aliphatic rings. The van der Waals surface area contributed by atoms with E-state index >= 15 is 0 Å². The van der Waals surface area contributed by atoms with Gasteiger partial charge in [0.15, 0.2) is 0 Å². The van der Waals surface area contributed by atoms with Crippen molar-refractivity contribution in [3.05, 3.63) is 40.4 Å². The molecule has 4 N–H and O–H groups in total. The van der Waals surface area contributed by atoms with Crippen LogP contribution in [-0.2, 0) is 18.9 Å². The van der Waals surface area contributed by atoms with Crippen LogP contribution in [0.4, 0.5) is 10.5 Å². The molecular weight excluding hydrogens is 525 g/mol. The number of carbonyl (C=O) groups is 5. The Balaban J connectivity index is 1.55. The molecule has 1 aromatic rings. The van der Waals surface area contributed by atoms with E-state index in [9.17, 15) is 34.2 Å². The number of nitrogens with one attached hydrogen (secondary N) is 1. The lowest BCUT2D eigenvalue weighted by molar-refractivity contribution is -0.162. The second-order valence-electron chi connectivity index (χ2n) is 9.17. The van der Waals surface area contributed by atoms with Gasteiger partial charge in [-0.2, -0.15) is 0 Å². The van der Waals surface area contributed by atoms with Crippen molar-refractivity contribution in [3.8, 4) is 0 Å². The van der Waals surface area contributed by atoms with Gasteiger partial charge in [0.1, 0.15) is 11.7 Å². The Kier molecular flexibility index (Phi) is 7.50. The molecule has 0 bridgehead atoms. The Hall–Kier alpha value is -3.15. The molecule has 37 heavy (non-hydrogen) atoms. The highest BCUT2D eigenvalue weighted by Crippen LogP contribution is 2.52. The molecule has 2 saturated heterocycles. The molecule has 0 saturated carbocycles. The Morgan fingerprint density at radius 2 is 1.95 bits per heavy atom. The number of benzene rings is 1. The number of fused-ring (bicyclic) bond motifs is 1. The summed E-state index contributed by atoms with van der Waals surface area (Å²) in [5.74, 6) is -3.88. The van der Waals surface area contributed by atoms with Crippen molar-refractivity contribution in [3.63, 3.8) is 0 Å². The summed E-state index contributed by atoms with van der Waals surface area (Å²) in [5, 5.41) is 31.2. The maximum atomic E-state index is 13.0. The molecule has 0 aliphatic carbocycles. The molecule has 4 rings (SSSR count). The van der Waals surface area contributed by atoms with Crippen LogP contribution in [0.1, 0.15) is 30.6 Å². The average molecular weight is 552 g/mol. The third-order valence-electron chi connectivity index (χ3n) is 6.89. The van der Waals surface area contributed by atoms with Crippen LogP contribution in [0.15, 0.2) is 34.9 Å². The normalized spacial score (nSPS) is 27.5. The number of carbonyl (C=O) groups excluding carboxylic acids is 3. The first kappa shape index (κ1) is 26.9. The second kappa shape index (κ2) is 10.3. The highest BCUT2D eigenvalue weighted by molar-refractivity contribution is 8.03. The van der Waals surface area contributed by atoms with E-state index in [2.05, 4.69) is 5.32 Å². The summed E-state index contributed by atoms with van der Waals surface area (Å²) in [6.45, 7) is 3.34. The number of hydrogen-bond donors (Lipinski definition) is 4. The first-order valence-electron chi connectivity index (χ1n) is 11.4. The number of thioether (sulfide) groups is 1. The van der Waals surface area contributed by atoms with Crippen molar-refractivity contribution in [1.82, 2.24) is 9.80 Å². The van der Waals surface area contributed by atoms with E-state index in [1.165, 1.54) is 47.9 Å². The molecule has 0 spiro atoms. The fraction of sp³-hybridized carbons (Fsp3) is 0.435. The molecule has 198 valence electrons. The summed E-state index contributed by atoms with van der Waals surface area (Å²) in [7, 11) is 1.85. The quantitative estimate of drug-likeness (QED) is 0.288. The minimum absolute atomic E-state index is 0.00881. The van der Waals surface area contributed by atoms with Gasteiger partial charge in [-0.25, -0.2) is 14.4 Å². The third kappa shape index (κ3) is 4.78. The zero-order valence-corrected chi connectivity index (χ0v) is 21.8. The van der Waals surface area contributed by atoms with E-state index in [-0.39, 0.29) is 41.7 Å². The van der Waals surface area contributed by atoms with Gasteiger partial charge in [-0.3, -0.25) is 14.5 Å². The molecular formula is C23H26N3O9PS. The molecule has 0 aromatic heterocycles. The number of carboxylic acid groups (broad SMARTS) is 2. The molecule has 3 amide bonds. The molecule has 12 nitrogen and oxygen atoms in total. The molecule has 14 heteroatoms. The Morgan fingerprint density at radius 3 is 2.54 bits per heavy atom. The minimum atomic E-state index is -1.30. The van der Waals surface area contributed by atoms with Crippen molar-refractivity contribution in [2.75, 3.05) is 11.9 Å². The average Bonchev–Trinajstić information content (AvgIpc) is 3.37. The summed E-state index contributed by atoms with van der Waals surface area (Å²) in [4.78, 5) is 64.3. The number of aliphatic hydroxyl groups is 1. The van der Waals surface area contributed by atoms with Crippen molar-refractivity contribution in [1.29, 1.82) is 0 Å². The van der Waals surface area contributed by atoms with E-state index in [0.717, 1.165) is 4.90 Å². The van der Waals surface area contributed by atoms with E-state index in [4.69, 9.17) is 9.63 Å². The lowest BCUT2D eigenvalue weighted by atomic mass is 9.79. The fourth-order valence-corrected chi connectivity index (χ4v) is 6.83. The number of likely N-dealkylation sites (tertiary alicyclic amines) is 1. The van der Waals surface area contributed by atoms with E-state index in [1.54, 1.807) is 0 Å². The fourth-order valence-electron chi connectivity index (χ4n) is 5.20. The molecule has 3 aliphatic heterocycles. The first-order valence-corrected chi connectivity index (χ1v) is 12.8. The van der Waals surface area contributed by atoms with Crippen molar-refractivity contribution in [2.45, 2.75) is 43.7 Å². The van der Waals surface area contributed by atoms with Crippen LogP contribution in [0.5, 0.6) is 0 Å². The monoisotopic (exact) mass is 551 g/mol. The van der Waals surface area contributed by atoms with E-state index < -0.39 is 53.3 Å². The molecule has 0 radical (unpaired) electrons. The van der Waals surface area contributed by atoms with E-state index in [1.807, 2.05) is 16.4 Å². The number of rotatable bonds is 7. The van der Waals surface area contributed by atoms with Crippen LogP contribution in [0.2, 0.25) is 0 Å². The number of aromatic carboxylic acids is 1. The van der Waals surface area contributed by atoms with Crippen LogP contribution in [-0.4, -0.2) is 84.9 Å². The van der Waals surface area contributed by atoms with Crippen LogP contribution in [0.3, 0.4) is 0 Å². The SMILES string of the molecule is CC(O)C1C(=O)N2C(C(=O)OP)=C(SC3CC(C(=O)Nc4cccc(C(=O)O)c4)N(C(=O)O)C3)C(C)C12. The topological polar surface area (TPSA) is 174 Å². The zero-order chi connectivity index (χ0) is 27.2. The van der Waals surface area contributed by atoms with Crippen LogP contribution in [0.25, 0.3) is 0 Å². The number of hydrogen-bond acceptors (Lipinski definition) is 8. The summed E-state index contributed by atoms with van der Waals surface area (Å²) in [6, 6.07) is 4.13. The highest BCUT2D eigenvalue weighted by atomic mass is 32.2. The van der Waals surface area contributed by atoms with Gasteiger partial charge in [0, 0.05) is 28.3 Å². The van der Waals surface area contributed by atoms with Gasteiger partial charge in [0.25, 0.3) is 0 Å². The second-order valence-corrected chi connectivity index (χ2v) is 10.8. The van der Waals surface area contributed by atoms with Gasteiger partial charge < -0.3 is 30.1 Å². The summed E-state index contributed by atoms with van der Waals surface area (Å²) in [6.07, 6.45) is -2.08. The van der Waals surface area contributed by atoms with E-state index in [0.29, 0.717) is 4.91 Å². The smallest absolute Gasteiger partial charge is 0.408 e. The third-order valence-corrected chi connectivity index (χ3v) is 8.60. The summed E-state index contributed by atoms with van der Waals surface area (Å²) >= 11 is 1.22. The predicted octanol–water partition coefficient (Wildman–Crippen LogP) is 1.58. The lowest BCUT2D eigenvalue weighted by Crippen LogP contribution is -2.63. The summed E-state index contributed by atoms with van der Waals surface area (Å²) in [5.41, 5.74) is 0.258. The standard InChI is InChI=1S/C23H26N3O9PS/c1-9-16-15(10(2)27)20(29)26(16)17(22(32)35-36)18(9)37-13-7-14(25(8-13)23(33)34)19(28)24-12-5-3-4-11(6-12)21(30)31/h3-6,9-10,13-16,27H,7-8,36H2,1-2H3,(H,24,28)(H,30,31)(H,33,34).